The molecule has 1 aromatic rings. The molecular weight excluding hydrogens is 222 g/mol. The van der Waals surface area contributed by atoms with E-state index in [4.69, 9.17) is 11.6 Å². The molecule has 0 saturated carbocycles. The standard InChI is InChI=1S/C12H18ClN3/c1-3-11-5-4-9(2)16(11)8-10-6-15-12(13)7-14-10/h6-7,9,11H,3-5,8H2,1-2H3. The number of rotatable bonds is 3. The van der Waals surface area contributed by atoms with E-state index >= 15 is 0 Å². The number of nitrogens with zero attached hydrogens (tertiary/aromatic N) is 3. The van der Waals surface area contributed by atoms with Crippen LogP contribution in [0.5, 0.6) is 0 Å². The Hall–Kier alpha value is -0.670. The summed E-state index contributed by atoms with van der Waals surface area (Å²) in [6.45, 7) is 5.44. The van der Waals surface area contributed by atoms with Crippen molar-refractivity contribution >= 4 is 11.6 Å². The number of aromatic nitrogens is 2. The molecule has 1 fully saturated rings. The highest BCUT2D eigenvalue weighted by molar-refractivity contribution is 6.29. The molecule has 0 spiro atoms. The van der Waals surface area contributed by atoms with E-state index in [1.54, 1.807) is 12.4 Å². The van der Waals surface area contributed by atoms with Crippen molar-refractivity contribution in [3.05, 3.63) is 23.2 Å². The van der Waals surface area contributed by atoms with Gasteiger partial charge in [0.05, 0.1) is 18.1 Å². The molecule has 0 aromatic carbocycles. The minimum Gasteiger partial charge on any atom is -0.292 e. The van der Waals surface area contributed by atoms with E-state index in [-0.39, 0.29) is 0 Å². The van der Waals surface area contributed by atoms with E-state index in [0.29, 0.717) is 17.2 Å². The minimum absolute atomic E-state index is 0.463. The summed E-state index contributed by atoms with van der Waals surface area (Å²) >= 11 is 5.73. The monoisotopic (exact) mass is 239 g/mol. The van der Waals surface area contributed by atoms with Gasteiger partial charge in [0.15, 0.2) is 0 Å². The molecule has 0 aliphatic carbocycles. The lowest BCUT2D eigenvalue weighted by Gasteiger charge is -2.27. The van der Waals surface area contributed by atoms with Gasteiger partial charge in [-0.15, -0.1) is 0 Å². The van der Waals surface area contributed by atoms with Gasteiger partial charge < -0.3 is 0 Å². The van der Waals surface area contributed by atoms with Crippen LogP contribution in [-0.4, -0.2) is 27.0 Å². The lowest BCUT2D eigenvalue weighted by Crippen LogP contribution is -2.33. The highest BCUT2D eigenvalue weighted by Crippen LogP contribution is 2.27. The quantitative estimate of drug-likeness (QED) is 0.812. The summed E-state index contributed by atoms with van der Waals surface area (Å²) < 4.78 is 0. The van der Waals surface area contributed by atoms with Crippen LogP contribution in [-0.2, 0) is 6.54 Å². The summed E-state index contributed by atoms with van der Waals surface area (Å²) in [5, 5.41) is 0.463. The van der Waals surface area contributed by atoms with Crippen LogP contribution in [0, 0.1) is 0 Å². The number of halogens is 1. The maximum absolute atomic E-state index is 5.73. The van der Waals surface area contributed by atoms with Crippen molar-refractivity contribution in [2.45, 2.75) is 51.7 Å². The fourth-order valence-electron chi connectivity index (χ4n) is 2.46. The van der Waals surface area contributed by atoms with Gasteiger partial charge in [0, 0.05) is 18.6 Å². The Labute approximate surface area is 102 Å². The molecule has 88 valence electrons. The SMILES string of the molecule is CCC1CCC(C)N1Cc1cnc(Cl)cn1. The summed E-state index contributed by atoms with van der Waals surface area (Å²) in [6, 6.07) is 1.36. The fourth-order valence-corrected chi connectivity index (χ4v) is 2.55. The highest BCUT2D eigenvalue weighted by atomic mass is 35.5. The van der Waals surface area contributed by atoms with E-state index < -0.39 is 0 Å². The first-order valence-corrected chi connectivity index (χ1v) is 6.30. The summed E-state index contributed by atoms with van der Waals surface area (Å²) in [5.74, 6) is 0. The summed E-state index contributed by atoms with van der Waals surface area (Å²) in [4.78, 5) is 10.9. The number of hydrogen-bond acceptors (Lipinski definition) is 3. The fraction of sp³-hybridized carbons (Fsp3) is 0.667. The molecule has 2 heterocycles. The van der Waals surface area contributed by atoms with Crippen LogP contribution < -0.4 is 0 Å². The highest BCUT2D eigenvalue weighted by Gasteiger charge is 2.29. The summed E-state index contributed by atoms with van der Waals surface area (Å²) in [6.07, 6.45) is 7.21. The van der Waals surface area contributed by atoms with Crippen LogP contribution >= 0.6 is 11.6 Å². The molecular formula is C12H18ClN3. The second-order valence-electron chi connectivity index (χ2n) is 4.49. The van der Waals surface area contributed by atoms with Crippen molar-refractivity contribution < 1.29 is 0 Å². The Balaban J connectivity index is 2.05. The van der Waals surface area contributed by atoms with E-state index in [1.165, 1.54) is 19.3 Å². The van der Waals surface area contributed by atoms with E-state index in [2.05, 4.69) is 28.7 Å². The Morgan fingerprint density at radius 2 is 2.19 bits per heavy atom. The number of likely N-dealkylation sites (tertiary alicyclic amines) is 1. The first-order valence-electron chi connectivity index (χ1n) is 5.93. The van der Waals surface area contributed by atoms with Gasteiger partial charge in [0.2, 0.25) is 0 Å². The third-order valence-electron chi connectivity index (χ3n) is 3.44. The van der Waals surface area contributed by atoms with Gasteiger partial charge in [0.25, 0.3) is 0 Å². The van der Waals surface area contributed by atoms with Crippen molar-refractivity contribution in [3.8, 4) is 0 Å². The van der Waals surface area contributed by atoms with Crippen LogP contribution in [0.15, 0.2) is 12.4 Å². The number of hydrogen-bond donors (Lipinski definition) is 0. The minimum atomic E-state index is 0.463. The average molecular weight is 240 g/mol. The van der Waals surface area contributed by atoms with Crippen LogP contribution in [0.1, 0.15) is 38.8 Å². The predicted molar refractivity (Wildman–Crippen MR) is 65.4 cm³/mol. The normalized spacial score (nSPS) is 26.2. The molecule has 1 saturated heterocycles. The Morgan fingerprint density at radius 3 is 2.81 bits per heavy atom. The van der Waals surface area contributed by atoms with Gasteiger partial charge >= 0.3 is 0 Å². The van der Waals surface area contributed by atoms with Gasteiger partial charge in [-0.3, -0.25) is 9.88 Å². The predicted octanol–water partition coefficient (Wildman–Crippen LogP) is 2.89. The maximum Gasteiger partial charge on any atom is 0.147 e. The zero-order valence-electron chi connectivity index (χ0n) is 9.86. The smallest absolute Gasteiger partial charge is 0.147 e. The molecule has 1 aromatic heterocycles. The molecule has 0 N–H and O–H groups in total. The largest absolute Gasteiger partial charge is 0.292 e. The van der Waals surface area contributed by atoms with Crippen molar-refractivity contribution in [2.75, 3.05) is 0 Å². The molecule has 16 heavy (non-hydrogen) atoms. The van der Waals surface area contributed by atoms with Crippen molar-refractivity contribution in [1.82, 2.24) is 14.9 Å². The molecule has 2 rings (SSSR count). The third-order valence-corrected chi connectivity index (χ3v) is 3.64. The Morgan fingerprint density at radius 1 is 1.38 bits per heavy atom. The molecule has 2 atom stereocenters. The molecule has 0 amide bonds. The first kappa shape index (κ1) is 11.8. The Kier molecular flexibility index (Phi) is 3.77. The molecule has 2 unspecified atom stereocenters. The molecule has 1 aliphatic rings. The average Bonchev–Trinajstić information content (AvgIpc) is 2.63. The zero-order valence-corrected chi connectivity index (χ0v) is 10.6. The molecule has 0 radical (unpaired) electrons. The lowest BCUT2D eigenvalue weighted by molar-refractivity contribution is 0.187. The molecule has 1 aliphatic heterocycles. The topological polar surface area (TPSA) is 29.0 Å². The van der Waals surface area contributed by atoms with Gasteiger partial charge in [-0.2, -0.15) is 0 Å². The van der Waals surface area contributed by atoms with Crippen molar-refractivity contribution in [3.63, 3.8) is 0 Å². The van der Waals surface area contributed by atoms with Gasteiger partial charge in [-0.25, -0.2) is 4.98 Å². The van der Waals surface area contributed by atoms with E-state index in [1.807, 2.05) is 0 Å². The van der Waals surface area contributed by atoms with Gasteiger partial charge in [-0.05, 0) is 26.2 Å². The van der Waals surface area contributed by atoms with Crippen LogP contribution in [0.25, 0.3) is 0 Å². The molecule has 0 bridgehead atoms. The summed E-state index contributed by atoms with van der Waals surface area (Å²) in [5.41, 5.74) is 1.01. The second-order valence-corrected chi connectivity index (χ2v) is 4.88. The maximum atomic E-state index is 5.73. The first-order chi connectivity index (χ1) is 7.70. The van der Waals surface area contributed by atoms with Crippen LogP contribution in [0.4, 0.5) is 0 Å². The van der Waals surface area contributed by atoms with Crippen LogP contribution in [0.2, 0.25) is 5.15 Å². The Bertz CT molecular complexity index is 339. The zero-order chi connectivity index (χ0) is 11.5. The van der Waals surface area contributed by atoms with Gasteiger partial charge in [-0.1, -0.05) is 18.5 Å². The van der Waals surface area contributed by atoms with Crippen LogP contribution in [0.3, 0.4) is 0 Å². The second kappa shape index (κ2) is 5.11. The van der Waals surface area contributed by atoms with Crippen molar-refractivity contribution in [1.29, 1.82) is 0 Å². The van der Waals surface area contributed by atoms with E-state index in [9.17, 15) is 0 Å². The van der Waals surface area contributed by atoms with Gasteiger partial charge in [0.1, 0.15) is 5.15 Å². The lowest BCUT2D eigenvalue weighted by atomic mass is 10.1. The van der Waals surface area contributed by atoms with Crippen molar-refractivity contribution in [2.24, 2.45) is 0 Å². The third kappa shape index (κ3) is 2.53. The molecule has 4 heteroatoms. The van der Waals surface area contributed by atoms with E-state index in [0.717, 1.165) is 12.2 Å². The summed E-state index contributed by atoms with van der Waals surface area (Å²) in [7, 11) is 0. The molecule has 3 nitrogen and oxygen atoms in total.